The Kier molecular flexibility index (Phi) is 4.09. The van der Waals surface area contributed by atoms with Crippen LogP contribution in [0.3, 0.4) is 0 Å². The van der Waals surface area contributed by atoms with Crippen molar-refractivity contribution in [1.82, 2.24) is 4.98 Å². The smallest absolute Gasteiger partial charge is 0.349 e. The maximum absolute atomic E-state index is 12.7. The van der Waals surface area contributed by atoms with Crippen LogP contribution in [0.1, 0.15) is 23.6 Å². The van der Waals surface area contributed by atoms with Gasteiger partial charge in [0.05, 0.1) is 22.8 Å². The number of hydrazone groups is 1. The Morgan fingerprint density at radius 1 is 1.00 bits per heavy atom. The molecule has 0 saturated heterocycles. The molecule has 0 fully saturated rings. The zero-order valence-electron chi connectivity index (χ0n) is 15.4. The highest BCUT2D eigenvalue weighted by molar-refractivity contribution is 6.07. The number of rotatable bonds is 3. The average Bonchev–Trinajstić information content (AvgIpc) is 3.20. The van der Waals surface area contributed by atoms with Crippen LogP contribution in [0, 0.1) is 0 Å². The van der Waals surface area contributed by atoms with Crippen LogP contribution in [0.15, 0.2) is 93.4 Å². The van der Waals surface area contributed by atoms with Gasteiger partial charge in [0.25, 0.3) is 0 Å². The van der Waals surface area contributed by atoms with Crippen molar-refractivity contribution in [3.05, 3.63) is 101 Å². The van der Waals surface area contributed by atoms with E-state index < -0.39 is 5.63 Å². The summed E-state index contributed by atoms with van der Waals surface area (Å²) in [5, 5.41) is 17.9. The first-order valence-electron chi connectivity index (χ1n) is 9.29. The maximum Gasteiger partial charge on any atom is 0.349 e. The van der Waals surface area contributed by atoms with Crippen molar-refractivity contribution in [2.75, 3.05) is 5.01 Å². The molecule has 29 heavy (non-hydrogen) atoms. The molecule has 2 aromatic carbocycles. The van der Waals surface area contributed by atoms with Gasteiger partial charge < -0.3 is 9.52 Å². The zero-order chi connectivity index (χ0) is 19.8. The number of pyridine rings is 1. The zero-order valence-corrected chi connectivity index (χ0v) is 15.4. The van der Waals surface area contributed by atoms with E-state index in [0.717, 1.165) is 11.3 Å². The first-order valence-corrected chi connectivity index (χ1v) is 9.29. The number of fused-ring (bicyclic) bond motifs is 1. The fourth-order valence-corrected chi connectivity index (χ4v) is 3.70. The second-order valence-electron chi connectivity index (χ2n) is 6.84. The molecule has 6 heteroatoms. The van der Waals surface area contributed by atoms with E-state index in [2.05, 4.69) is 4.98 Å². The van der Waals surface area contributed by atoms with Crippen LogP contribution in [0.4, 0.5) is 5.69 Å². The Hall–Kier alpha value is -3.93. The molecule has 6 nitrogen and oxygen atoms in total. The van der Waals surface area contributed by atoms with Gasteiger partial charge in [0.2, 0.25) is 0 Å². The van der Waals surface area contributed by atoms with Crippen LogP contribution < -0.4 is 10.6 Å². The molecule has 2 aromatic heterocycles. The van der Waals surface area contributed by atoms with Gasteiger partial charge >= 0.3 is 5.63 Å². The van der Waals surface area contributed by atoms with Gasteiger partial charge in [0.1, 0.15) is 16.9 Å². The molecule has 1 aliphatic rings. The Balaban J connectivity index is 1.66. The Morgan fingerprint density at radius 2 is 1.79 bits per heavy atom. The minimum absolute atomic E-state index is 0.101. The molecule has 1 unspecified atom stereocenters. The third kappa shape index (κ3) is 2.95. The van der Waals surface area contributed by atoms with Crippen molar-refractivity contribution in [1.29, 1.82) is 0 Å². The average molecular weight is 383 g/mol. The summed E-state index contributed by atoms with van der Waals surface area (Å²) in [7, 11) is 0. The fourth-order valence-electron chi connectivity index (χ4n) is 3.70. The molecule has 3 heterocycles. The first kappa shape index (κ1) is 17.2. The number of benzene rings is 2. The highest BCUT2D eigenvalue weighted by Crippen LogP contribution is 2.38. The summed E-state index contributed by atoms with van der Waals surface area (Å²) in [6, 6.07) is 20.4. The van der Waals surface area contributed by atoms with E-state index >= 15 is 0 Å². The van der Waals surface area contributed by atoms with Gasteiger partial charge in [-0.25, -0.2) is 4.79 Å². The molecular weight excluding hydrogens is 366 g/mol. The van der Waals surface area contributed by atoms with Gasteiger partial charge in [0, 0.05) is 18.8 Å². The van der Waals surface area contributed by atoms with Crippen LogP contribution in [0.25, 0.3) is 11.0 Å². The molecule has 1 atom stereocenters. The summed E-state index contributed by atoms with van der Waals surface area (Å²) in [6.07, 6.45) is 3.95. The highest BCUT2D eigenvalue weighted by atomic mass is 16.4. The van der Waals surface area contributed by atoms with E-state index in [9.17, 15) is 9.90 Å². The molecule has 0 spiro atoms. The number of anilines is 1. The third-order valence-corrected chi connectivity index (χ3v) is 5.07. The summed E-state index contributed by atoms with van der Waals surface area (Å²) < 4.78 is 5.44. The number of para-hydroxylation sites is 2. The summed E-state index contributed by atoms with van der Waals surface area (Å²) >= 11 is 0. The van der Waals surface area contributed by atoms with E-state index in [0.29, 0.717) is 23.1 Å². The Morgan fingerprint density at radius 3 is 2.59 bits per heavy atom. The van der Waals surface area contributed by atoms with Gasteiger partial charge in [-0.1, -0.05) is 36.4 Å². The lowest BCUT2D eigenvalue weighted by Crippen LogP contribution is -2.18. The van der Waals surface area contributed by atoms with Crippen LogP contribution in [0.2, 0.25) is 0 Å². The monoisotopic (exact) mass is 383 g/mol. The van der Waals surface area contributed by atoms with Crippen molar-refractivity contribution >= 4 is 22.4 Å². The lowest BCUT2D eigenvalue weighted by molar-refractivity contribution is 0.466. The van der Waals surface area contributed by atoms with Crippen molar-refractivity contribution in [2.45, 2.75) is 12.5 Å². The van der Waals surface area contributed by atoms with E-state index in [-0.39, 0.29) is 17.4 Å². The fraction of sp³-hybridized carbons (Fsp3) is 0.0870. The topological polar surface area (TPSA) is 78.9 Å². The second-order valence-corrected chi connectivity index (χ2v) is 6.84. The standard InChI is InChI=1S/C23H17N3O3/c27-22-17-10-4-5-11-20(17)29-23(28)21(22)18-13-19(15-7-6-12-24-14-15)26(25-18)16-8-2-1-3-9-16/h1-12,14,19,27H,13H2. The lowest BCUT2D eigenvalue weighted by Gasteiger charge is -2.23. The highest BCUT2D eigenvalue weighted by Gasteiger charge is 2.33. The minimum atomic E-state index is -0.597. The van der Waals surface area contributed by atoms with Crippen LogP contribution in [0.5, 0.6) is 5.75 Å². The van der Waals surface area contributed by atoms with Crippen molar-refractivity contribution in [3.63, 3.8) is 0 Å². The molecule has 1 N–H and O–H groups in total. The predicted molar refractivity (Wildman–Crippen MR) is 111 cm³/mol. The molecule has 5 rings (SSSR count). The molecule has 0 radical (unpaired) electrons. The van der Waals surface area contributed by atoms with Gasteiger partial charge in [0.15, 0.2) is 0 Å². The number of hydrogen-bond acceptors (Lipinski definition) is 6. The van der Waals surface area contributed by atoms with E-state index in [4.69, 9.17) is 9.52 Å². The number of nitrogens with zero attached hydrogens (tertiary/aromatic N) is 3. The molecule has 0 bridgehead atoms. The predicted octanol–water partition coefficient (Wildman–Crippen LogP) is 4.25. The van der Waals surface area contributed by atoms with Gasteiger partial charge in [-0.3, -0.25) is 9.99 Å². The van der Waals surface area contributed by atoms with Crippen LogP contribution in [-0.2, 0) is 0 Å². The lowest BCUT2D eigenvalue weighted by atomic mass is 9.99. The van der Waals surface area contributed by atoms with E-state index in [1.807, 2.05) is 47.5 Å². The number of aromatic hydroxyl groups is 1. The van der Waals surface area contributed by atoms with Crippen LogP contribution in [-0.4, -0.2) is 15.8 Å². The molecule has 0 saturated carbocycles. The third-order valence-electron chi connectivity index (χ3n) is 5.07. The van der Waals surface area contributed by atoms with Gasteiger partial charge in [-0.2, -0.15) is 5.10 Å². The summed E-state index contributed by atoms with van der Waals surface area (Å²) in [5.41, 5.74) is 2.21. The van der Waals surface area contributed by atoms with E-state index in [1.165, 1.54) is 0 Å². The normalized spacial score (nSPS) is 16.2. The summed E-state index contributed by atoms with van der Waals surface area (Å²) in [4.78, 5) is 16.9. The molecule has 1 aliphatic heterocycles. The molecule has 0 amide bonds. The van der Waals surface area contributed by atoms with Crippen molar-refractivity contribution in [2.24, 2.45) is 5.10 Å². The maximum atomic E-state index is 12.7. The molecular formula is C23H17N3O3. The van der Waals surface area contributed by atoms with Crippen LogP contribution >= 0.6 is 0 Å². The molecule has 0 aliphatic carbocycles. The number of aromatic nitrogens is 1. The van der Waals surface area contributed by atoms with E-state index in [1.54, 1.807) is 36.7 Å². The van der Waals surface area contributed by atoms with Crippen molar-refractivity contribution < 1.29 is 9.52 Å². The molecule has 4 aromatic rings. The van der Waals surface area contributed by atoms with Gasteiger partial charge in [-0.05, 0) is 35.9 Å². The molecule has 142 valence electrons. The second kappa shape index (κ2) is 6.91. The minimum Gasteiger partial charge on any atom is -0.506 e. The quantitative estimate of drug-likeness (QED) is 0.535. The van der Waals surface area contributed by atoms with Gasteiger partial charge in [-0.15, -0.1) is 0 Å². The Labute approximate surface area is 166 Å². The summed E-state index contributed by atoms with van der Waals surface area (Å²) in [5.74, 6) is -0.101. The van der Waals surface area contributed by atoms with Crippen molar-refractivity contribution in [3.8, 4) is 5.75 Å². The largest absolute Gasteiger partial charge is 0.506 e. The first-order chi connectivity index (χ1) is 14.2. The Bertz CT molecular complexity index is 1270. The summed E-state index contributed by atoms with van der Waals surface area (Å²) in [6.45, 7) is 0. The SMILES string of the molecule is O=c1oc2ccccc2c(O)c1C1=NN(c2ccccc2)C(c2cccnc2)C1. The number of hydrogen-bond donors (Lipinski definition) is 1.